The Labute approximate surface area is 119 Å². The number of nitrogens with zero attached hydrogens (tertiary/aromatic N) is 1. The minimum Gasteiger partial charge on any atom is -0.339 e. The van der Waals surface area contributed by atoms with Gasteiger partial charge in [-0.05, 0) is 61.9 Å². The van der Waals surface area contributed by atoms with Gasteiger partial charge in [-0.15, -0.1) is 0 Å². The van der Waals surface area contributed by atoms with Gasteiger partial charge in [-0.25, -0.2) is 4.39 Å². The van der Waals surface area contributed by atoms with Gasteiger partial charge in [-0.1, -0.05) is 0 Å². The van der Waals surface area contributed by atoms with Gasteiger partial charge in [0.05, 0.1) is 0 Å². The fourth-order valence-electron chi connectivity index (χ4n) is 3.45. The molecule has 0 radical (unpaired) electrons. The van der Waals surface area contributed by atoms with Gasteiger partial charge in [-0.3, -0.25) is 4.79 Å². The third-order valence-electron chi connectivity index (χ3n) is 4.73. The molecule has 2 saturated heterocycles. The molecule has 2 aliphatic heterocycles. The summed E-state index contributed by atoms with van der Waals surface area (Å²) in [6, 6.07) is 4.57. The van der Waals surface area contributed by atoms with Crippen molar-refractivity contribution in [1.82, 2.24) is 10.2 Å². The number of carbonyl (C=O) groups is 1. The Morgan fingerprint density at radius 2 is 2.00 bits per heavy atom. The van der Waals surface area contributed by atoms with Crippen LogP contribution in [0, 0.1) is 18.2 Å². The summed E-state index contributed by atoms with van der Waals surface area (Å²) < 4.78 is 13.4. The number of likely N-dealkylation sites (tertiary alicyclic amines) is 1. The highest BCUT2D eigenvalue weighted by Crippen LogP contribution is 2.37. The van der Waals surface area contributed by atoms with Crippen molar-refractivity contribution in [3.63, 3.8) is 0 Å². The zero-order valence-corrected chi connectivity index (χ0v) is 11.9. The molecule has 0 saturated carbocycles. The number of halogens is 1. The molecule has 20 heavy (non-hydrogen) atoms. The lowest BCUT2D eigenvalue weighted by Crippen LogP contribution is -2.44. The maximum atomic E-state index is 13.4. The van der Waals surface area contributed by atoms with Crippen LogP contribution in [0.2, 0.25) is 0 Å². The average Bonchev–Trinajstić information content (AvgIpc) is 2.86. The van der Waals surface area contributed by atoms with Crippen molar-refractivity contribution >= 4 is 5.91 Å². The van der Waals surface area contributed by atoms with Crippen LogP contribution in [0.4, 0.5) is 4.39 Å². The van der Waals surface area contributed by atoms with E-state index in [9.17, 15) is 9.18 Å². The zero-order valence-electron chi connectivity index (χ0n) is 11.9. The van der Waals surface area contributed by atoms with E-state index in [-0.39, 0.29) is 11.7 Å². The maximum absolute atomic E-state index is 13.4. The second kappa shape index (κ2) is 5.17. The molecule has 1 spiro atoms. The Morgan fingerprint density at radius 3 is 2.60 bits per heavy atom. The van der Waals surface area contributed by atoms with Crippen molar-refractivity contribution < 1.29 is 9.18 Å². The fraction of sp³-hybridized carbons (Fsp3) is 0.562. The molecule has 1 aromatic rings. The number of amides is 1. The first kappa shape index (κ1) is 13.6. The highest BCUT2D eigenvalue weighted by molar-refractivity contribution is 5.94. The van der Waals surface area contributed by atoms with Gasteiger partial charge in [0.15, 0.2) is 0 Å². The van der Waals surface area contributed by atoms with E-state index in [1.807, 2.05) is 11.8 Å². The molecule has 2 aliphatic rings. The molecule has 0 aromatic heterocycles. The van der Waals surface area contributed by atoms with Gasteiger partial charge in [-0.2, -0.15) is 0 Å². The van der Waals surface area contributed by atoms with Crippen LogP contribution in [-0.4, -0.2) is 37.0 Å². The second-order valence-electron chi connectivity index (χ2n) is 6.24. The fourth-order valence-corrected chi connectivity index (χ4v) is 3.45. The van der Waals surface area contributed by atoms with Crippen molar-refractivity contribution in [2.75, 3.05) is 26.2 Å². The first-order valence-corrected chi connectivity index (χ1v) is 7.35. The normalized spacial score (nSPS) is 21.4. The number of carbonyl (C=O) groups excluding carboxylic acids is 1. The van der Waals surface area contributed by atoms with E-state index in [0.717, 1.165) is 44.6 Å². The lowest BCUT2D eigenvalue weighted by molar-refractivity contribution is 0.0607. The average molecular weight is 276 g/mol. The zero-order chi connectivity index (χ0) is 14.2. The molecule has 0 unspecified atom stereocenters. The Morgan fingerprint density at radius 1 is 1.25 bits per heavy atom. The molecule has 0 aliphatic carbocycles. The van der Waals surface area contributed by atoms with Crippen LogP contribution >= 0.6 is 0 Å². The molecule has 1 amide bonds. The molecule has 1 N–H and O–H groups in total. The lowest BCUT2D eigenvalue weighted by Gasteiger charge is -2.39. The number of aryl methyl sites for hydroxylation is 1. The summed E-state index contributed by atoms with van der Waals surface area (Å²) in [5.74, 6) is -0.366. The topological polar surface area (TPSA) is 32.3 Å². The van der Waals surface area contributed by atoms with E-state index in [2.05, 4.69) is 5.32 Å². The summed E-state index contributed by atoms with van der Waals surface area (Å²) in [4.78, 5) is 14.3. The Bertz CT molecular complexity index is 493. The SMILES string of the molecule is Cc1cc(F)cc(C(=O)N2CCC3(CCNC3)CC2)c1. The quantitative estimate of drug-likeness (QED) is 0.854. The van der Waals surface area contributed by atoms with E-state index in [1.54, 1.807) is 6.07 Å². The molecule has 1 aromatic carbocycles. The van der Waals surface area contributed by atoms with Gasteiger partial charge in [0, 0.05) is 25.2 Å². The van der Waals surface area contributed by atoms with Crippen LogP contribution in [0.15, 0.2) is 18.2 Å². The van der Waals surface area contributed by atoms with Crippen LogP contribution in [0.3, 0.4) is 0 Å². The monoisotopic (exact) mass is 276 g/mol. The molecule has 2 heterocycles. The molecular weight excluding hydrogens is 255 g/mol. The van der Waals surface area contributed by atoms with Gasteiger partial charge in [0.2, 0.25) is 0 Å². The smallest absolute Gasteiger partial charge is 0.253 e. The van der Waals surface area contributed by atoms with Crippen molar-refractivity contribution in [3.05, 3.63) is 35.1 Å². The van der Waals surface area contributed by atoms with Crippen LogP contribution in [0.25, 0.3) is 0 Å². The van der Waals surface area contributed by atoms with Gasteiger partial charge in [0.25, 0.3) is 5.91 Å². The van der Waals surface area contributed by atoms with E-state index < -0.39 is 0 Å². The van der Waals surface area contributed by atoms with Crippen LogP contribution in [0.1, 0.15) is 35.2 Å². The summed E-state index contributed by atoms with van der Waals surface area (Å²) in [7, 11) is 0. The molecule has 0 bridgehead atoms. The number of piperidine rings is 1. The molecular formula is C16H21FN2O. The summed E-state index contributed by atoms with van der Waals surface area (Å²) in [5.41, 5.74) is 1.67. The number of benzene rings is 1. The predicted octanol–water partition coefficient (Wildman–Crippen LogP) is 2.35. The Hall–Kier alpha value is -1.42. The van der Waals surface area contributed by atoms with Crippen molar-refractivity contribution in [3.8, 4) is 0 Å². The maximum Gasteiger partial charge on any atom is 0.253 e. The van der Waals surface area contributed by atoms with E-state index in [1.165, 1.54) is 18.6 Å². The predicted molar refractivity (Wildman–Crippen MR) is 76.2 cm³/mol. The van der Waals surface area contributed by atoms with Crippen molar-refractivity contribution in [1.29, 1.82) is 0 Å². The third kappa shape index (κ3) is 2.57. The molecule has 4 heteroatoms. The summed E-state index contributed by atoms with van der Waals surface area (Å²) >= 11 is 0. The van der Waals surface area contributed by atoms with E-state index in [0.29, 0.717) is 11.0 Å². The van der Waals surface area contributed by atoms with Gasteiger partial charge < -0.3 is 10.2 Å². The highest BCUT2D eigenvalue weighted by atomic mass is 19.1. The molecule has 108 valence electrons. The van der Waals surface area contributed by atoms with E-state index >= 15 is 0 Å². The third-order valence-corrected chi connectivity index (χ3v) is 4.73. The Balaban J connectivity index is 1.69. The molecule has 3 nitrogen and oxygen atoms in total. The molecule has 0 atom stereocenters. The van der Waals surface area contributed by atoms with Crippen molar-refractivity contribution in [2.24, 2.45) is 5.41 Å². The highest BCUT2D eigenvalue weighted by Gasteiger charge is 2.38. The minimum atomic E-state index is -0.332. The first-order chi connectivity index (χ1) is 9.58. The standard InChI is InChI=1S/C16H21FN2O/c1-12-8-13(10-14(17)9-12)15(20)19-6-3-16(4-7-19)2-5-18-11-16/h8-10,18H,2-7,11H2,1H3. The number of rotatable bonds is 1. The first-order valence-electron chi connectivity index (χ1n) is 7.35. The van der Waals surface area contributed by atoms with Gasteiger partial charge >= 0.3 is 0 Å². The summed E-state index contributed by atoms with van der Waals surface area (Å²) in [6.07, 6.45) is 3.33. The second-order valence-corrected chi connectivity index (χ2v) is 6.24. The Kier molecular flexibility index (Phi) is 3.50. The largest absolute Gasteiger partial charge is 0.339 e. The van der Waals surface area contributed by atoms with Crippen LogP contribution in [0.5, 0.6) is 0 Å². The van der Waals surface area contributed by atoms with Crippen LogP contribution in [-0.2, 0) is 0 Å². The van der Waals surface area contributed by atoms with Crippen LogP contribution < -0.4 is 5.32 Å². The van der Waals surface area contributed by atoms with Crippen molar-refractivity contribution in [2.45, 2.75) is 26.2 Å². The van der Waals surface area contributed by atoms with E-state index in [4.69, 9.17) is 0 Å². The molecule has 2 fully saturated rings. The summed E-state index contributed by atoms with van der Waals surface area (Å²) in [5, 5.41) is 3.42. The lowest BCUT2D eigenvalue weighted by atomic mass is 9.78. The number of nitrogens with one attached hydrogen (secondary N) is 1. The summed E-state index contributed by atoms with van der Waals surface area (Å²) in [6.45, 7) is 5.56. The number of hydrogen-bond acceptors (Lipinski definition) is 2. The number of hydrogen-bond donors (Lipinski definition) is 1. The van der Waals surface area contributed by atoms with Gasteiger partial charge in [0.1, 0.15) is 5.82 Å². The molecule has 3 rings (SSSR count). The minimum absolute atomic E-state index is 0.0339.